The lowest BCUT2D eigenvalue weighted by molar-refractivity contribution is 0.478. The van der Waals surface area contributed by atoms with Gasteiger partial charge in [0.2, 0.25) is 0 Å². The maximum absolute atomic E-state index is 2.48. The molecule has 0 aliphatic rings. The highest BCUT2D eigenvalue weighted by Crippen LogP contribution is 2.16. The van der Waals surface area contributed by atoms with E-state index < -0.39 is 0 Å². The van der Waals surface area contributed by atoms with Crippen molar-refractivity contribution >= 4 is 0 Å². The molecule has 0 aromatic carbocycles. The molecule has 0 nitrogen and oxygen atoms in total. The van der Waals surface area contributed by atoms with Crippen molar-refractivity contribution in [1.82, 2.24) is 0 Å². The molecule has 0 aliphatic carbocycles. The van der Waals surface area contributed by atoms with Gasteiger partial charge in [0, 0.05) is 0 Å². The van der Waals surface area contributed by atoms with Crippen LogP contribution in [0.2, 0.25) is 0 Å². The average Bonchev–Trinajstić information content (AvgIpc) is 2.04. The van der Waals surface area contributed by atoms with Gasteiger partial charge in [-0.1, -0.05) is 47.0 Å². The van der Waals surface area contributed by atoms with Gasteiger partial charge in [0.05, 0.1) is 0 Å². The van der Waals surface area contributed by atoms with Crippen LogP contribution in [0.4, 0.5) is 0 Å². The van der Waals surface area contributed by atoms with Crippen molar-refractivity contribution in [3.05, 3.63) is 6.42 Å². The molecule has 2 atom stereocenters. The van der Waals surface area contributed by atoms with Crippen molar-refractivity contribution in [2.75, 3.05) is 0 Å². The third-order valence-corrected chi connectivity index (χ3v) is 2.62. The fourth-order valence-corrected chi connectivity index (χ4v) is 1.44. The number of hydrogen-bond donors (Lipinski definition) is 0. The van der Waals surface area contributed by atoms with Gasteiger partial charge >= 0.3 is 0 Å². The van der Waals surface area contributed by atoms with Crippen molar-refractivity contribution in [3.8, 4) is 0 Å². The monoisotopic (exact) mass is 169 g/mol. The lowest BCUT2D eigenvalue weighted by Crippen LogP contribution is -1.98. The quantitative estimate of drug-likeness (QED) is 0.528. The SMILES string of the molecule is CCCC(C)C[CH]CC(C)CC. The van der Waals surface area contributed by atoms with E-state index in [9.17, 15) is 0 Å². The van der Waals surface area contributed by atoms with Gasteiger partial charge in [0.1, 0.15) is 0 Å². The Kier molecular flexibility index (Phi) is 7.64. The highest BCUT2D eigenvalue weighted by atomic mass is 14.1. The molecule has 0 heteroatoms. The van der Waals surface area contributed by atoms with Gasteiger partial charge in [-0.3, -0.25) is 0 Å². The lowest BCUT2D eigenvalue weighted by atomic mass is 9.95. The molecule has 73 valence electrons. The molecule has 0 saturated carbocycles. The molecule has 0 heterocycles. The van der Waals surface area contributed by atoms with Crippen LogP contribution in [0.15, 0.2) is 0 Å². The van der Waals surface area contributed by atoms with E-state index in [4.69, 9.17) is 0 Å². The average molecular weight is 169 g/mol. The predicted octanol–water partition coefficient (Wildman–Crippen LogP) is 4.45. The van der Waals surface area contributed by atoms with Gasteiger partial charge in [-0.2, -0.15) is 0 Å². The van der Waals surface area contributed by atoms with Crippen LogP contribution < -0.4 is 0 Å². The summed E-state index contributed by atoms with van der Waals surface area (Å²) in [7, 11) is 0. The zero-order valence-corrected chi connectivity index (χ0v) is 9.27. The second-order valence-corrected chi connectivity index (χ2v) is 4.17. The first-order chi connectivity index (χ1) is 5.70. The molecule has 0 aromatic rings. The minimum Gasteiger partial charge on any atom is -0.0654 e. The molecule has 1 radical (unpaired) electrons. The van der Waals surface area contributed by atoms with E-state index in [1.807, 2.05) is 0 Å². The van der Waals surface area contributed by atoms with E-state index in [-0.39, 0.29) is 0 Å². The first-order valence-corrected chi connectivity index (χ1v) is 5.52. The zero-order valence-electron chi connectivity index (χ0n) is 9.27. The molecule has 2 unspecified atom stereocenters. The topological polar surface area (TPSA) is 0 Å². The summed E-state index contributed by atoms with van der Waals surface area (Å²) in [6.45, 7) is 9.23. The van der Waals surface area contributed by atoms with Crippen molar-refractivity contribution in [3.63, 3.8) is 0 Å². The Labute approximate surface area is 78.8 Å². The predicted molar refractivity (Wildman–Crippen MR) is 57.1 cm³/mol. The highest BCUT2D eigenvalue weighted by Gasteiger charge is 2.02. The minimum absolute atomic E-state index is 0.888. The third kappa shape index (κ3) is 6.69. The van der Waals surface area contributed by atoms with Crippen molar-refractivity contribution in [1.29, 1.82) is 0 Å². The highest BCUT2D eigenvalue weighted by molar-refractivity contribution is 4.71. The Morgan fingerprint density at radius 3 is 2.08 bits per heavy atom. The summed E-state index contributed by atoms with van der Waals surface area (Å²) in [5.41, 5.74) is 0. The van der Waals surface area contributed by atoms with Crippen molar-refractivity contribution in [2.45, 2.75) is 59.8 Å². The maximum atomic E-state index is 2.48. The first kappa shape index (κ1) is 12.0. The second-order valence-electron chi connectivity index (χ2n) is 4.17. The van der Waals surface area contributed by atoms with Gasteiger partial charge in [-0.25, -0.2) is 0 Å². The summed E-state index contributed by atoms with van der Waals surface area (Å²) in [6.07, 6.45) is 9.14. The molecule has 0 fully saturated rings. The number of hydrogen-bond acceptors (Lipinski definition) is 0. The molecule has 0 spiro atoms. The van der Waals surface area contributed by atoms with Crippen LogP contribution in [0.3, 0.4) is 0 Å². The molecule has 0 rings (SSSR count). The zero-order chi connectivity index (χ0) is 9.40. The minimum atomic E-state index is 0.888. The third-order valence-electron chi connectivity index (χ3n) is 2.62. The Morgan fingerprint density at radius 2 is 1.58 bits per heavy atom. The molecule has 0 aliphatic heterocycles. The molecule has 0 bridgehead atoms. The van der Waals surface area contributed by atoms with E-state index in [1.54, 1.807) is 0 Å². The summed E-state index contributed by atoms with van der Waals surface area (Å²) in [5, 5.41) is 0. The van der Waals surface area contributed by atoms with E-state index in [2.05, 4.69) is 34.1 Å². The fraction of sp³-hybridized carbons (Fsp3) is 0.917. The van der Waals surface area contributed by atoms with Gasteiger partial charge in [-0.15, -0.1) is 0 Å². The standard InChI is InChI=1S/C12H25/c1-5-8-12(4)10-7-9-11(3)6-2/h7,11-12H,5-6,8-10H2,1-4H3. The van der Waals surface area contributed by atoms with Crippen LogP contribution in [0, 0.1) is 18.3 Å². The lowest BCUT2D eigenvalue weighted by Gasteiger charge is -2.11. The maximum Gasteiger partial charge on any atom is -0.0381 e. The fourth-order valence-electron chi connectivity index (χ4n) is 1.44. The van der Waals surface area contributed by atoms with E-state index in [0.29, 0.717) is 0 Å². The van der Waals surface area contributed by atoms with Crippen LogP contribution in [-0.2, 0) is 0 Å². The van der Waals surface area contributed by atoms with Gasteiger partial charge in [0.15, 0.2) is 0 Å². The molecular weight excluding hydrogens is 144 g/mol. The Balaban J connectivity index is 3.18. The van der Waals surface area contributed by atoms with Crippen LogP contribution in [0.25, 0.3) is 0 Å². The molecule has 0 aromatic heterocycles. The van der Waals surface area contributed by atoms with Crippen molar-refractivity contribution in [2.24, 2.45) is 11.8 Å². The normalized spacial score (nSPS) is 16.0. The Morgan fingerprint density at radius 1 is 1.00 bits per heavy atom. The summed E-state index contributed by atoms with van der Waals surface area (Å²) < 4.78 is 0. The van der Waals surface area contributed by atoms with E-state index in [0.717, 1.165) is 11.8 Å². The molecule has 12 heavy (non-hydrogen) atoms. The van der Waals surface area contributed by atoms with E-state index >= 15 is 0 Å². The largest absolute Gasteiger partial charge is 0.0654 e. The van der Waals surface area contributed by atoms with Gasteiger partial charge in [0.25, 0.3) is 0 Å². The molecule has 0 saturated heterocycles. The molecule has 0 N–H and O–H groups in total. The van der Waals surface area contributed by atoms with Gasteiger partial charge in [-0.05, 0) is 31.1 Å². The van der Waals surface area contributed by atoms with Crippen LogP contribution in [0.5, 0.6) is 0 Å². The summed E-state index contributed by atoms with van der Waals surface area (Å²) in [4.78, 5) is 0. The second kappa shape index (κ2) is 7.64. The Bertz CT molecular complexity index is 86.0. The van der Waals surface area contributed by atoms with Crippen molar-refractivity contribution < 1.29 is 0 Å². The Hall–Kier alpha value is 0. The molecular formula is C12H25. The smallest absolute Gasteiger partial charge is 0.0381 e. The first-order valence-electron chi connectivity index (χ1n) is 5.52. The van der Waals surface area contributed by atoms with Crippen LogP contribution in [0.1, 0.15) is 59.8 Å². The van der Waals surface area contributed by atoms with Crippen LogP contribution in [-0.4, -0.2) is 0 Å². The van der Waals surface area contributed by atoms with Gasteiger partial charge < -0.3 is 0 Å². The van der Waals surface area contributed by atoms with Crippen LogP contribution >= 0.6 is 0 Å². The number of rotatable bonds is 7. The molecule has 0 amide bonds. The van der Waals surface area contributed by atoms with E-state index in [1.165, 1.54) is 32.1 Å². The summed E-state index contributed by atoms with van der Waals surface area (Å²) in [5.74, 6) is 1.79. The summed E-state index contributed by atoms with van der Waals surface area (Å²) >= 11 is 0. The summed E-state index contributed by atoms with van der Waals surface area (Å²) in [6, 6.07) is 0.